The van der Waals surface area contributed by atoms with Crippen molar-refractivity contribution in [1.82, 2.24) is 4.68 Å². The molecule has 0 spiro atoms. The van der Waals surface area contributed by atoms with Crippen LogP contribution in [-0.4, -0.2) is 27.6 Å². The standard InChI is InChI=1S/C22H20FN3O4/c1-14-2-4-15(5-3-14)19-12-10-18(11-13-20(27)28)26(19)25-22(30)21(29)24-17-8-6-16(23)7-9-17/h2-10,12H,11,13H2,1H3,(H,24,29)(H,25,30)(H,27,28). The number of carbonyl (C=O) groups excluding carboxylic acids is 2. The number of aromatic nitrogens is 1. The molecule has 0 aliphatic rings. The summed E-state index contributed by atoms with van der Waals surface area (Å²) >= 11 is 0. The Labute approximate surface area is 172 Å². The Morgan fingerprint density at radius 3 is 2.23 bits per heavy atom. The van der Waals surface area contributed by atoms with Crippen molar-refractivity contribution >= 4 is 23.5 Å². The second-order valence-electron chi connectivity index (χ2n) is 6.71. The second kappa shape index (κ2) is 9.04. The van der Waals surface area contributed by atoms with Crippen LogP contribution >= 0.6 is 0 Å². The molecule has 0 bridgehead atoms. The van der Waals surface area contributed by atoms with E-state index in [1.165, 1.54) is 28.9 Å². The molecule has 0 atom stereocenters. The number of aliphatic carboxylic acids is 1. The lowest BCUT2D eigenvalue weighted by molar-refractivity contribution is -0.137. The van der Waals surface area contributed by atoms with E-state index < -0.39 is 23.6 Å². The minimum Gasteiger partial charge on any atom is -0.481 e. The van der Waals surface area contributed by atoms with Gasteiger partial charge in [0.15, 0.2) is 0 Å². The third-order valence-electron chi connectivity index (χ3n) is 4.43. The number of carbonyl (C=O) groups is 3. The average molecular weight is 409 g/mol. The van der Waals surface area contributed by atoms with Gasteiger partial charge in [-0.1, -0.05) is 29.8 Å². The molecule has 0 fully saturated rings. The van der Waals surface area contributed by atoms with E-state index in [0.717, 1.165) is 11.1 Å². The van der Waals surface area contributed by atoms with Crippen LogP contribution in [0.25, 0.3) is 11.3 Å². The summed E-state index contributed by atoms with van der Waals surface area (Å²) in [5, 5.41) is 11.4. The molecule has 1 heterocycles. The summed E-state index contributed by atoms with van der Waals surface area (Å²) in [6.07, 6.45) is 0.0378. The van der Waals surface area contributed by atoms with Crippen LogP contribution in [0.2, 0.25) is 0 Å². The number of carboxylic acid groups (broad SMARTS) is 1. The minimum atomic E-state index is -0.972. The second-order valence-corrected chi connectivity index (χ2v) is 6.71. The van der Waals surface area contributed by atoms with Gasteiger partial charge in [0.25, 0.3) is 0 Å². The lowest BCUT2D eigenvalue weighted by Gasteiger charge is -2.15. The third-order valence-corrected chi connectivity index (χ3v) is 4.43. The zero-order valence-electron chi connectivity index (χ0n) is 16.2. The van der Waals surface area contributed by atoms with Gasteiger partial charge in [0.1, 0.15) is 5.82 Å². The Morgan fingerprint density at radius 2 is 1.60 bits per heavy atom. The van der Waals surface area contributed by atoms with Crippen molar-refractivity contribution in [3.63, 3.8) is 0 Å². The lowest BCUT2D eigenvalue weighted by atomic mass is 10.1. The number of carboxylic acids is 1. The summed E-state index contributed by atoms with van der Waals surface area (Å²) in [6, 6.07) is 16.0. The van der Waals surface area contributed by atoms with Crippen molar-refractivity contribution in [3.05, 3.63) is 77.7 Å². The number of aryl methyl sites for hydroxylation is 2. The molecule has 2 aromatic carbocycles. The topological polar surface area (TPSA) is 100 Å². The maximum atomic E-state index is 13.0. The first-order chi connectivity index (χ1) is 14.3. The summed E-state index contributed by atoms with van der Waals surface area (Å²) in [7, 11) is 0. The van der Waals surface area contributed by atoms with E-state index in [2.05, 4.69) is 10.7 Å². The first kappa shape index (κ1) is 20.8. The monoisotopic (exact) mass is 409 g/mol. The Morgan fingerprint density at radius 1 is 0.933 bits per heavy atom. The highest BCUT2D eigenvalue weighted by Crippen LogP contribution is 2.23. The molecule has 3 N–H and O–H groups in total. The van der Waals surface area contributed by atoms with Gasteiger partial charge in [-0.25, -0.2) is 4.39 Å². The fraction of sp³-hybridized carbons (Fsp3) is 0.136. The smallest absolute Gasteiger partial charge is 0.328 e. The molecule has 30 heavy (non-hydrogen) atoms. The van der Waals surface area contributed by atoms with E-state index in [1.807, 2.05) is 31.2 Å². The number of anilines is 1. The first-order valence-electron chi connectivity index (χ1n) is 9.21. The number of rotatable bonds is 6. The van der Waals surface area contributed by atoms with Crippen LogP contribution in [0.1, 0.15) is 17.7 Å². The minimum absolute atomic E-state index is 0.130. The van der Waals surface area contributed by atoms with Crippen LogP contribution in [0.15, 0.2) is 60.7 Å². The molecular formula is C22H20FN3O4. The molecule has 2 amide bonds. The van der Waals surface area contributed by atoms with Crippen molar-refractivity contribution in [2.24, 2.45) is 0 Å². The summed E-state index contributed by atoms with van der Waals surface area (Å²) in [5.74, 6) is -3.31. The predicted octanol–water partition coefficient (Wildman–Crippen LogP) is 3.33. The Hall–Kier alpha value is -3.94. The molecule has 1 aromatic heterocycles. The van der Waals surface area contributed by atoms with Gasteiger partial charge in [-0.3, -0.25) is 24.5 Å². The molecule has 0 aliphatic heterocycles. The van der Waals surface area contributed by atoms with Crippen LogP contribution in [0.3, 0.4) is 0 Å². The fourth-order valence-corrected chi connectivity index (χ4v) is 2.86. The number of halogens is 1. The summed E-state index contributed by atoms with van der Waals surface area (Å²) in [6.45, 7) is 1.95. The normalized spacial score (nSPS) is 10.5. The van der Waals surface area contributed by atoms with Gasteiger partial charge >= 0.3 is 17.8 Å². The van der Waals surface area contributed by atoms with E-state index in [4.69, 9.17) is 5.11 Å². The zero-order valence-corrected chi connectivity index (χ0v) is 16.2. The maximum absolute atomic E-state index is 13.0. The highest BCUT2D eigenvalue weighted by atomic mass is 19.1. The summed E-state index contributed by atoms with van der Waals surface area (Å²) < 4.78 is 14.4. The maximum Gasteiger partial charge on any atom is 0.328 e. The predicted molar refractivity (Wildman–Crippen MR) is 110 cm³/mol. The van der Waals surface area contributed by atoms with E-state index in [1.54, 1.807) is 12.1 Å². The van der Waals surface area contributed by atoms with Crippen molar-refractivity contribution in [2.45, 2.75) is 19.8 Å². The van der Waals surface area contributed by atoms with Gasteiger partial charge in [0.2, 0.25) is 0 Å². The Bertz CT molecular complexity index is 1070. The van der Waals surface area contributed by atoms with E-state index >= 15 is 0 Å². The number of nitrogens with one attached hydrogen (secondary N) is 2. The van der Waals surface area contributed by atoms with Crippen LogP contribution in [0.5, 0.6) is 0 Å². The van der Waals surface area contributed by atoms with Gasteiger partial charge in [0, 0.05) is 23.4 Å². The molecule has 154 valence electrons. The Kier molecular flexibility index (Phi) is 6.26. The largest absolute Gasteiger partial charge is 0.481 e. The molecule has 3 rings (SSSR count). The SMILES string of the molecule is Cc1ccc(-c2ccc(CCC(=O)O)n2NC(=O)C(=O)Nc2ccc(F)cc2)cc1. The summed E-state index contributed by atoms with van der Waals surface area (Å²) in [5.41, 5.74) is 5.80. The van der Waals surface area contributed by atoms with Gasteiger partial charge in [-0.15, -0.1) is 0 Å². The van der Waals surface area contributed by atoms with Crippen molar-refractivity contribution in [1.29, 1.82) is 0 Å². The van der Waals surface area contributed by atoms with E-state index in [0.29, 0.717) is 11.4 Å². The Balaban J connectivity index is 1.84. The summed E-state index contributed by atoms with van der Waals surface area (Å²) in [4.78, 5) is 35.7. The van der Waals surface area contributed by atoms with Gasteiger partial charge in [-0.05, 0) is 43.3 Å². The van der Waals surface area contributed by atoms with E-state index in [9.17, 15) is 18.8 Å². The molecule has 8 heteroatoms. The molecule has 7 nitrogen and oxygen atoms in total. The zero-order chi connectivity index (χ0) is 21.7. The van der Waals surface area contributed by atoms with Crippen LogP contribution in [0.4, 0.5) is 10.1 Å². The molecule has 3 aromatic rings. The van der Waals surface area contributed by atoms with Crippen molar-refractivity contribution < 1.29 is 23.9 Å². The highest BCUT2D eigenvalue weighted by Gasteiger charge is 2.19. The number of amides is 2. The molecule has 0 saturated heterocycles. The molecular weight excluding hydrogens is 389 g/mol. The number of hydrogen-bond donors (Lipinski definition) is 3. The molecule has 0 radical (unpaired) electrons. The van der Waals surface area contributed by atoms with Crippen molar-refractivity contribution in [2.75, 3.05) is 10.7 Å². The first-order valence-corrected chi connectivity index (χ1v) is 9.21. The van der Waals surface area contributed by atoms with Crippen molar-refractivity contribution in [3.8, 4) is 11.3 Å². The molecule has 0 saturated carbocycles. The average Bonchev–Trinajstić information content (AvgIpc) is 3.11. The van der Waals surface area contributed by atoms with Gasteiger partial charge < -0.3 is 10.4 Å². The highest BCUT2D eigenvalue weighted by molar-refractivity contribution is 6.42. The fourth-order valence-electron chi connectivity index (χ4n) is 2.86. The van der Waals surface area contributed by atoms with E-state index in [-0.39, 0.29) is 18.5 Å². The number of nitrogens with zero attached hydrogens (tertiary/aromatic N) is 1. The van der Waals surface area contributed by atoms with Gasteiger partial charge in [-0.2, -0.15) is 0 Å². The third kappa shape index (κ3) is 5.11. The van der Waals surface area contributed by atoms with Crippen LogP contribution in [0, 0.1) is 12.7 Å². The van der Waals surface area contributed by atoms with Gasteiger partial charge in [0.05, 0.1) is 12.1 Å². The lowest BCUT2D eigenvalue weighted by Crippen LogP contribution is -2.35. The van der Waals surface area contributed by atoms with Crippen LogP contribution < -0.4 is 10.7 Å². The quantitative estimate of drug-likeness (QED) is 0.544. The molecule has 0 unspecified atom stereocenters. The number of hydrogen-bond acceptors (Lipinski definition) is 3. The molecule has 0 aliphatic carbocycles. The van der Waals surface area contributed by atoms with Crippen LogP contribution in [-0.2, 0) is 20.8 Å². The number of benzene rings is 2.